The minimum atomic E-state index is -5.40. The van der Waals surface area contributed by atoms with Crippen LogP contribution in [0.1, 0.15) is 0 Å². The van der Waals surface area contributed by atoms with E-state index in [0.717, 1.165) is 0 Å². The lowest BCUT2D eigenvalue weighted by atomic mass is 10.1. The van der Waals surface area contributed by atoms with Crippen LogP contribution in [0.4, 0.5) is 33.3 Å². The molecule has 8 heteroatoms. The molecule has 0 bridgehead atoms. The normalized spacial score (nSPS) is 12.8. The number of hydrogen-bond acceptors (Lipinski definition) is 2. The first-order valence-corrected chi connectivity index (χ1v) is 6.83. The fourth-order valence-corrected chi connectivity index (χ4v) is 2.15. The van der Waals surface area contributed by atoms with Crippen LogP contribution in [0.2, 0.25) is 0 Å². The highest BCUT2D eigenvalue weighted by molar-refractivity contribution is 6.23. The van der Waals surface area contributed by atoms with Crippen molar-refractivity contribution in [2.75, 3.05) is 10.6 Å². The number of hydrogen-bond donors (Lipinski definition) is 2. The number of nitrogens with one attached hydrogen (secondary N) is 2. The van der Waals surface area contributed by atoms with Crippen molar-refractivity contribution in [3.05, 3.63) is 60.7 Å². The quantitative estimate of drug-likeness (QED) is 0.434. The first-order chi connectivity index (χ1) is 10.7. The molecular weight excluding hydrogens is 339 g/mol. The molecule has 0 heterocycles. The predicted octanol–water partition coefficient (Wildman–Crippen LogP) is 5.30. The Morgan fingerprint density at radius 1 is 0.652 bits per heavy atom. The summed E-state index contributed by atoms with van der Waals surface area (Å²) in [5.74, 6) is 0. The third-order valence-corrected chi connectivity index (χ3v) is 3.35. The monoisotopic (exact) mass is 350 g/mol. The summed E-state index contributed by atoms with van der Waals surface area (Å²) in [7, 11) is 0. The van der Waals surface area contributed by atoms with Crippen molar-refractivity contribution in [3.63, 3.8) is 0 Å². The Bertz CT molecular complexity index is 568. The SMILES string of the molecule is FC(F)(F)C(Nc1ccccc1)(Nc1ccccc1)C(F)(F)Cl. The van der Waals surface area contributed by atoms with E-state index in [-0.39, 0.29) is 11.4 Å². The summed E-state index contributed by atoms with van der Waals surface area (Å²) in [6, 6.07) is 13.7. The number of rotatable bonds is 5. The molecule has 0 aliphatic carbocycles. The van der Waals surface area contributed by atoms with E-state index < -0.39 is 17.2 Å². The van der Waals surface area contributed by atoms with E-state index in [9.17, 15) is 22.0 Å². The summed E-state index contributed by atoms with van der Waals surface area (Å²) >= 11 is 4.86. The van der Waals surface area contributed by atoms with Crippen LogP contribution in [-0.2, 0) is 0 Å². The summed E-state index contributed by atoms with van der Waals surface area (Å²) in [6.45, 7) is 0. The van der Waals surface area contributed by atoms with Crippen molar-refractivity contribution >= 4 is 23.0 Å². The fourth-order valence-electron chi connectivity index (χ4n) is 1.95. The second-order valence-corrected chi connectivity index (χ2v) is 5.20. The Kier molecular flexibility index (Phi) is 4.70. The van der Waals surface area contributed by atoms with Gasteiger partial charge in [0.15, 0.2) is 0 Å². The average Bonchev–Trinajstić information content (AvgIpc) is 2.46. The maximum absolute atomic E-state index is 13.8. The Morgan fingerprint density at radius 2 is 1.00 bits per heavy atom. The molecule has 0 saturated heterocycles. The third kappa shape index (κ3) is 3.67. The lowest BCUT2D eigenvalue weighted by Gasteiger charge is -2.40. The molecule has 2 nitrogen and oxygen atoms in total. The second-order valence-electron chi connectivity index (χ2n) is 4.73. The van der Waals surface area contributed by atoms with Crippen LogP contribution < -0.4 is 10.6 Å². The lowest BCUT2D eigenvalue weighted by Crippen LogP contribution is -2.67. The first-order valence-electron chi connectivity index (χ1n) is 6.46. The van der Waals surface area contributed by atoms with E-state index in [0.29, 0.717) is 0 Å². The van der Waals surface area contributed by atoms with Gasteiger partial charge in [0.2, 0.25) is 0 Å². The predicted molar refractivity (Wildman–Crippen MR) is 79.7 cm³/mol. The van der Waals surface area contributed by atoms with Gasteiger partial charge in [-0.1, -0.05) is 36.4 Å². The minimum Gasteiger partial charge on any atom is -0.349 e. The van der Waals surface area contributed by atoms with Gasteiger partial charge in [0.1, 0.15) is 0 Å². The van der Waals surface area contributed by atoms with E-state index in [2.05, 4.69) is 0 Å². The summed E-state index contributed by atoms with van der Waals surface area (Å²) in [5.41, 5.74) is -4.20. The Hall–Kier alpha value is -2.02. The van der Waals surface area contributed by atoms with Gasteiger partial charge < -0.3 is 10.6 Å². The number of anilines is 2. The van der Waals surface area contributed by atoms with Crippen molar-refractivity contribution in [3.8, 4) is 0 Å². The summed E-state index contributed by atoms with van der Waals surface area (Å²) < 4.78 is 68.3. The van der Waals surface area contributed by atoms with Gasteiger partial charge in [0.25, 0.3) is 5.66 Å². The average molecular weight is 351 g/mol. The summed E-state index contributed by atoms with van der Waals surface area (Å²) in [6.07, 6.45) is -5.40. The molecule has 2 rings (SSSR count). The van der Waals surface area contributed by atoms with E-state index in [4.69, 9.17) is 11.6 Å². The molecule has 0 unspecified atom stereocenters. The molecule has 23 heavy (non-hydrogen) atoms. The van der Waals surface area contributed by atoms with Crippen LogP contribution >= 0.6 is 11.6 Å². The zero-order chi connectivity index (χ0) is 17.1. The van der Waals surface area contributed by atoms with E-state index >= 15 is 0 Å². The van der Waals surface area contributed by atoms with Crippen LogP contribution in [0.25, 0.3) is 0 Å². The van der Waals surface area contributed by atoms with E-state index in [1.807, 2.05) is 0 Å². The smallest absolute Gasteiger partial charge is 0.349 e. The van der Waals surface area contributed by atoms with Gasteiger partial charge in [-0.25, -0.2) is 0 Å². The van der Waals surface area contributed by atoms with Gasteiger partial charge in [-0.15, -0.1) is 0 Å². The lowest BCUT2D eigenvalue weighted by molar-refractivity contribution is -0.212. The molecule has 2 N–H and O–H groups in total. The number of benzene rings is 2. The number of para-hydroxylation sites is 2. The van der Waals surface area contributed by atoms with Gasteiger partial charge in [-0.05, 0) is 35.9 Å². The Labute approximate surface area is 134 Å². The van der Waals surface area contributed by atoms with Crippen molar-refractivity contribution in [2.24, 2.45) is 0 Å². The standard InChI is InChI=1S/C15H12ClF5N2/c16-14(17,18)13(15(19,20)21,22-11-7-3-1-4-8-11)23-12-9-5-2-6-10-12/h1-10,22-23H. The summed E-state index contributed by atoms with van der Waals surface area (Å²) in [5, 5.41) is -1.06. The molecular formula is C15H12ClF5N2. The third-order valence-electron chi connectivity index (χ3n) is 3.06. The van der Waals surface area contributed by atoms with Crippen molar-refractivity contribution in [1.82, 2.24) is 0 Å². The molecule has 0 aliphatic rings. The number of halogens is 6. The highest BCUT2D eigenvalue weighted by Crippen LogP contribution is 2.46. The zero-order valence-corrected chi connectivity index (χ0v) is 12.3. The minimum absolute atomic E-state index is 0.159. The Morgan fingerprint density at radius 3 is 1.26 bits per heavy atom. The van der Waals surface area contributed by atoms with Crippen LogP contribution in [0.3, 0.4) is 0 Å². The molecule has 2 aromatic carbocycles. The van der Waals surface area contributed by atoms with Gasteiger partial charge in [-0.2, -0.15) is 22.0 Å². The molecule has 124 valence electrons. The largest absolute Gasteiger partial charge is 0.437 e. The Balaban J connectivity index is 2.51. The highest BCUT2D eigenvalue weighted by Gasteiger charge is 2.70. The molecule has 0 aromatic heterocycles. The van der Waals surface area contributed by atoms with Crippen LogP contribution in [-0.4, -0.2) is 17.2 Å². The molecule has 0 aliphatic heterocycles. The summed E-state index contributed by atoms with van der Waals surface area (Å²) in [4.78, 5) is 0. The molecule has 0 atom stereocenters. The number of alkyl halides is 6. The van der Waals surface area contributed by atoms with Crippen LogP contribution in [0, 0.1) is 0 Å². The first kappa shape index (κ1) is 17.3. The van der Waals surface area contributed by atoms with Gasteiger partial charge in [-0.3, -0.25) is 0 Å². The maximum atomic E-state index is 13.8. The molecule has 0 saturated carbocycles. The van der Waals surface area contributed by atoms with Gasteiger partial charge >= 0.3 is 11.6 Å². The van der Waals surface area contributed by atoms with E-state index in [1.54, 1.807) is 22.8 Å². The molecule has 0 amide bonds. The van der Waals surface area contributed by atoms with Crippen molar-refractivity contribution in [2.45, 2.75) is 17.2 Å². The van der Waals surface area contributed by atoms with Crippen LogP contribution in [0.15, 0.2) is 60.7 Å². The van der Waals surface area contributed by atoms with Crippen molar-refractivity contribution < 1.29 is 22.0 Å². The molecule has 0 radical (unpaired) electrons. The van der Waals surface area contributed by atoms with Crippen molar-refractivity contribution in [1.29, 1.82) is 0 Å². The maximum Gasteiger partial charge on any atom is 0.437 e. The van der Waals surface area contributed by atoms with Gasteiger partial charge in [0.05, 0.1) is 0 Å². The van der Waals surface area contributed by atoms with Crippen LogP contribution in [0.5, 0.6) is 0 Å². The topological polar surface area (TPSA) is 24.1 Å². The second kappa shape index (κ2) is 6.23. The molecule has 0 fully saturated rings. The van der Waals surface area contributed by atoms with E-state index in [1.165, 1.54) is 48.5 Å². The fraction of sp³-hybridized carbons (Fsp3) is 0.200. The zero-order valence-electron chi connectivity index (χ0n) is 11.5. The van der Waals surface area contributed by atoms with Gasteiger partial charge in [0, 0.05) is 11.4 Å². The molecule has 0 spiro atoms. The highest BCUT2D eigenvalue weighted by atomic mass is 35.5. The molecule has 2 aromatic rings.